The maximum absolute atomic E-state index is 11.0. The first-order valence-corrected chi connectivity index (χ1v) is 4.72. The summed E-state index contributed by atoms with van der Waals surface area (Å²) < 4.78 is 0. The van der Waals surface area contributed by atoms with Crippen molar-refractivity contribution in [3.05, 3.63) is 35.9 Å². The van der Waals surface area contributed by atoms with Crippen molar-refractivity contribution in [1.82, 2.24) is 0 Å². The first-order chi connectivity index (χ1) is 7.20. The molecule has 0 radical (unpaired) electrons. The highest BCUT2D eigenvalue weighted by Gasteiger charge is 2.37. The predicted octanol–water partition coefficient (Wildman–Crippen LogP) is 1.51. The van der Waals surface area contributed by atoms with Gasteiger partial charge < -0.3 is 9.94 Å². The number of nitrogens with zero attached hydrogens (tertiary/aromatic N) is 1. The first-order valence-electron chi connectivity index (χ1n) is 4.72. The molecular weight excluding hydrogens is 194 g/mol. The molecule has 78 valence electrons. The van der Waals surface area contributed by atoms with Crippen LogP contribution in [0.15, 0.2) is 35.5 Å². The van der Waals surface area contributed by atoms with Gasteiger partial charge in [0.25, 0.3) is 0 Å². The van der Waals surface area contributed by atoms with Crippen LogP contribution in [0.2, 0.25) is 0 Å². The first kappa shape index (κ1) is 9.71. The highest BCUT2D eigenvalue weighted by atomic mass is 16.6. The van der Waals surface area contributed by atoms with Crippen LogP contribution in [0.4, 0.5) is 0 Å². The van der Waals surface area contributed by atoms with Crippen LogP contribution in [0.5, 0.6) is 0 Å². The van der Waals surface area contributed by atoms with Crippen molar-refractivity contribution in [3.63, 3.8) is 0 Å². The normalized spacial score (nSPS) is 24.5. The van der Waals surface area contributed by atoms with Gasteiger partial charge in [0, 0.05) is 5.56 Å². The van der Waals surface area contributed by atoms with Gasteiger partial charge in [0.2, 0.25) is 0 Å². The Balaban J connectivity index is 2.34. The number of carbonyl (C=O) groups is 1. The minimum absolute atomic E-state index is 0.405. The second-order valence-electron chi connectivity index (χ2n) is 3.47. The average molecular weight is 205 g/mol. The van der Waals surface area contributed by atoms with Gasteiger partial charge in [-0.25, -0.2) is 0 Å². The zero-order valence-electron chi connectivity index (χ0n) is 8.25. The summed E-state index contributed by atoms with van der Waals surface area (Å²) in [5.74, 6) is -1.57. The van der Waals surface area contributed by atoms with Gasteiger partial charge in [0.15, 0.2) is 0 Å². The number of rotatable bonds is 2. The molecule has 4 heteroatoms. The quantitative estimate of drug-likeness (QED) is 0.796. The summed E-state index contributed by atoms with van der Waals surface area (Å²) in [4.78, 5) is 16.0. The van der Waals surface area contributed by atoms with E-state index < -0.39 is 18.0 Å². The van der Waals surface area contributed by atoms with Gasteiger partial charge in [0.1, 0.15) is 17.7 Å². The molecule has 4 nitrogen and oxygen atoms in total. The van der Waals surface area contributed by atoms with E-state index in [0.29, 0.717) is 5.71 Å². The Bertz CT molecular complexity index is 400. The van der Waals surface area contributed by atoms with Crippen LogP contribution >= 0.6 is 0 Å². The van der Waals surface area contributed by atoms with Gasteiger partial charge in [-0.05, 0) is 6.92 Å². The molecule has 0 bridgehead atoms. The van der Waals surface area contributed by atoms with Crippen molar-refractivity contribution in [2.24, 2.45) is 11.1 Å². The molecule has 1 aromatic rings. The Morgan fingerprint density at radius 3 is 2.67 bits per heavy atom. The molecule has 1 aliphatic heterocycles. The average Bonchev–Trinajstić information content (AvgIpc) is 2.61. The van der Waals surface area contributed by atoms with Crippen molar-refractivity contribution in [1.29, 1.82) is 0 Å². The molecule has 0 spiro atoms. The molecule has 0 aliphatic carbocycles. The van der Waals surface area contributed by atoms with Gasteiger partial charge in [-0.15, -0.1) is 0 Å². The van der Waals surface area contributed by atoms with Gasteiger partial charge >= 0.3 is 5.97 Å². The number of hydrogen-bond donors (Lipinski definition) is 1. The van der Waals surface area contributed by atoms with Crippen molar-refractivity contribution >= 4 is 11.7 Å². The smallest absolute Gasteiger partial charge is 0.316 e. The summed E-state index contributed by atoms with van der Waals surface area (Å²) in [7, 11) is 0. The molecule has 0 fully saturated rings. The SMILES string of the molecule is C[C@H]1ON=C(c2ccccc2)[C@H]1C(=O)O. The summed E-state index contributed by atoms with van der Waals surface area (Å²) in [6.07, 6.45) is -0.405. The summed E-state index contributed by atoms with van der Waals surface area (Å²) in [6.45, 7) is 1.71. The standard InChI is InChI=1S/C11H11NO3/c1-7-9(11(13)14)10(12-15-7)8-5-3-2-4-6-8/h2-7,9H,1H3,(H,13,14)/t7-,9+/m1/s1. The molecule has 0 amide bonds. The van der Waals surface area contributed by atoms with E-state index in [1.165, 1.54) is 0 Å². The molecule has 2 rings (SSSR count). The van der Waals surface area contributed by atoms with Crippen LogP contribution in [0, 0.1) is 5.92 Å². The molecule has 0 saturated heterocycles. The zero-order valence-corrected chi connectivity index (χ0v) is 8.25. The van der Waals surface area contributed by atoms with Crippen molar-refractivity contribution in [2.75, 3.05) is 0 Å². The Hall–Kier alpha value is -1.84. The zero-order chi connectivity index (χ0) is 10.8. The number of carboxylic acids is 1. The summed E-state index contributed by atoms with van der Waals surface area (Å²) in [5.41, 5.74) is 1.30. The highest BCUT2D eigenvalue weighted by Crippen LogP contribution is 2.23. The lowest BCUT2D eigenvalue weighted by molar-refractivity contribution is -0.141. The summed E-state index contributed by atoms with van der Waals surface area (Å²) >= 11 is 0. The molecule has 1 N–H and O–H groups in total. The van der Waals surface area contributed by atoms with E-state index >= 15 is 0 Å². The Labute approximate surface area is 87.2 Å². The van der Waals surface area contributed by atoms with Gasteiger partial charge in [-0.2, -0.15) is 0 Å². The lowest BCUT2D eigenvalue weighted by Crippen LogP contribution is -2.29. The molecule has 0 aromatic heterocycles. The number of hydrogen-bond acceptors (Lipinski definition) is 3. The maximum atomic E-state index is 11.0. The number of oxime groups is 1. The van der Waals surface area contributed by atoms with E-state index in [2.05, 4.69) is 5.16 Å². The topological polar surface area (TPSA) is 58.9 Å². The van der Waals surface area contributed by atoms with Crippen LogP contribution < -0.4 is 0 Å². The molecule has 15 heavy (non-hydrogen) atoms. The Morgan fingerprint density at radius 1 is 1.40 bits per heavy atom. The van der Waals surface area contributed by atoms with E-state index in [0.717, 1.165) is 5.56 Å². The lowest BCUT2D eigenvalue weighted by atomic mass is 9.93. The Kier molecular flexibility index (Phi) is 2.41. The van der Waals surface area contributed by atoms with E-state index in [-0.39, 0.29) is 0 Å². The van der Waals surface area contributed by atoms with Gasteiger partial charge in [-0.3, -0.25) is 4.79 Å². The summed E-state index contributed by atoms with van der Waals surface area (Å²) in [5, 5.41) is 12.9. The van der Waals surface area contributed by atoms with Crippen molar-refractivity contribution in [2.45, 2.75) is 13.0 Å². The summed E-state index contributed by atoms with van der Waals surface area (Å²) in [6, 6.07) is 9.23. The molecule has 2 atom stereocenters. The van der Waals surface area contributed by atoms with Crippen LogP contribution in [0.1, 0.15) is 12.5 Å². The fourth-order valence-electron chi connectivity index (χ4n) is 1.64. The van der Waals surface area contributed by atoms with Gasteiger partial charge in [-0.1, -0.05) is 35.5 Å². The Morgan fingerprint density at radius 2 is 2.07 bits per heavy atom. The molecule has 0 saturated carbocycles. The molecular formula is C11H11NO3. The largest absolute Gasteiger partial charge is 0.481 e. The predicted molar refractivity (Wildman–Crippen MR) is 54.7 cm³/mol. The lowest BCUT2D eigenvalue weighted by Gasteiger charge is -2.09. The van der Waals surface area contributed by atoms with E-state index in [1.54, 1.807) is 6.92 Å². The molecule has 1 heterocycles. The third-order valence-electron chi connectivity index (χ3n) is 2.42. The van der Waals surface area contributed by atoms with E-state index in [4.69, 9.17) is 9.94 Å². The van der Waals surface area contributed by atoms with Crippen LogP contribution in [-0.2, 0) is 9.63 Å². The second kappa shape index (κ2) is 3.73. The molecule has 1 aliphatic rings. The second-order valence-corrected chi connectivity index (χ2v) is 3.47. The minimum atomic E-state index is -0.900. The fourth-order valence-corrected chi connectivity index (χ4v) is 1.64. The van der Waals surface area contributed by atoms with Crippen LogP contribution in [-0.4, -0.2) is 22.9 Å². The highest BCUT2D eigenvalue weighted by molar-refractivity contribution is 6.12. The van der Waals surface area contributed by atoms with Crippen molar-refractivity contribution in [3.8, 4) is 0 Å². The molecule has 0 unspecified atom stereocenters. The number of benzene rings is 1. The van der Waals surface area contributed by atoms with Crippen LogP contribution in [0.3, 0.4) is 0 Å². The van der Waals surface area contributed by atoms with E-state index in [1.807, 2.05) is 30.3 Å². The maximum Gasteiger partial charge on any atom is 0.316 e. The third kappa shape index (κ3) is 1.70. The van der Waals surface area contributed by atoms with Gasteiger partial charge in [0.05, 0.1) is 0 Å². The van der Waals surface area contributed by atoms with E-state index in [9.17, 15) is 4.79 Å². The third-order valence-corrected chi connectivity index (χ3v) is 2.42. The number of carboxylic acid groups (broad SMARTS) is 1. The molecule has 1 aromatic carbocycles. The van der Waals surface area contributed by atoms with Crippen LogP contribution in [0.25, 0.3) is 0 Å². The fraction of sp³-hybridized carbons (Fsp3) is 0.273. The minimum Gasteiger partial charge on any atom is -0.481 e. The number of aliphatic carboxylic acids is 1. The van der Waals surface area contributed by atoms with Crippen molar-refractivity contribution < 1.29 is 14.7 Å². The monoisotopic (exact) mass is 205 g/mol.